The van der Waals surface area contributed by atoms with Crippen molar-refractivity contribution in [3.05, 3.63) is 29.8 Å². The third-order valence-electron chi connectivity index (χ3n) is 4.36. The number of halogens is 1. The van der Waals surface area contributed by atoms with Gasteiger partial charge in [0.25, 0.3) is 0 Å². The molecule has 0 radical (unpaired) electrons. The number of anilines is 1. The van der Waals surface area contributed by atoms with Crippen molar-refractivity contribution in [3.63, 3.8) is 0 Å². The molecule has 0 saturated heterocycles. The second kappa shape index (κ2) is 12.8. The molecule has 7 heteroatoms. The number of nitrogens with one attached hydrogen (secondary N) is 3. The van der Waals surface area contributed by atoms with Crippen LogP contribution in [-0.4, -0.2) is 52.1 Å². The molecule has 2 rings (SSSR count). The minimum absolute atomic E-state index is 0. The van der Waals surface area contributed by atoms with E-state index in [9.17, 15) is 4.79 Å². The fraction of sp³-hybridized carbons (Fsp3) is 0.600. The number of hydrogen-bond donors (Lipinski definition) is 3. The Labute approximate surface area is 180 Å². The zero-order valence-electron chi connectivity index (χ0n) is 16.8. The lowest BCUT2D eigenvalue weighted by atomic mass is 10.1. The number of rotatable bonds is 10. The van der Waals surface area contributed by atoms with Gasteiger partial charge in [0.2, 0.25) is 5.91 Å². The van der Waals surface area contributed by atoms with Crippen LogP contribution >= 0.6 is 24.0 Å². The summed E-state index contributed by atoms with van der Waals surface area (Å²) in [7, 11) is 4.10. The van der Waals surface area contributed by atoms with E-state index in [1.807, 2.05) is 0 Å². The molecule has 3 N–H and O–H groups in total. The Morgan fingerprint density at radius 2 is 1.78 bits per heavy atom. The zero-order valence-corrected chi connectivity index (χ0v) is 19.1. The summed E-state index contributed by atoms with van der Waals surface area (Å²) < 4.78 is 0. The predicted octanol–water partition coefficient (Wildman–Crippen LogP) is 2.38. The molecule has 0 bridgehead atoms. The fourth-order valence-electron chi connectivity index (χ4n) is 2.63. The fourth-order valence-corrected chi connectivity index (χ4v) is 2.63. The van der Waals surface area contributed by atoms with Gasteiger partial charge in [0.15, 0.2) is 5.96 Å². The maximum absolute atomic E-state index is 11.6. The number of carbonyl (C=O) groups is 1. The van der Waals surface area contributed by atoms with Crippen molar-refractivity contribution in [3.8, 4) is 0 Å². The molecule has 1 saturated carbocycles. The lowest BCUT2D eigenvalue weighted by Crippen LogP contribution is -2.41. The molecule has 0 aromatic heterocycles. The summed E-state index contributed by atoms with van der Waals surface area (Å²) in [6, 6.07) is 8.68. The highest BCUT2D eigenvalue weighted by Crippen LogP contribution is 2.28. The molecular formula is C20H34IN5O. The van der Waals surface area contributed by atoms with Crippen molar-refractivity contribution in [2.75, 3.05) is 45.2 Å². The summed E-state index contributed by atoms with van der Waals surface area (Å²) in [6.07, 6.45) is 4.12. The van der Waals surface area contributed by atoms with Gasteiger partial charge >= 0.3 is 0 Å². The quantitative estimate of drug-likeness (QED) is 0.205. The molecule has 0 unspecified atom stereocenters. The van der Waals surface area contributed by atoms with Gasteiger partial charge in [0.1, 0.15) is 0 Å². The van der Waals surface area contributed by atoms with Crippen LogP contribution in [0.5, 0.6) is 0 Å². The van der Waals surface area contributed by atoms with Crippen LogP contribution in [-0.2, 0) is 11.2 Å². The predicted molar refractivity (Wildman–Crippen MR) is 124 cm³/mol. The first-order valence-corrected chi connectivity index (χ1v) is 9.66. The molecule has 0 aliphatic heterocycles. The number of aliphatic imine (C=N–C) groups is 1. The Bertz CT molecular complexity index is 585. The van der Waals surface area contributed by atoms with Crippen molar-refractivity contribution in [1.82, 2.24) is 16.0 Å². The summed E-state index contributed by atoms with van der Waals surface area (Å²) in [5, 5.41) is 9.47. The van der Waals surface area contributed by atoms with Crippen LogP contribution in [0.2, 0.25) is 0 Å². The van der Waals surface area contributed by atoms with Gasteiger partial charge in [-0.15, -0.1) is 24.0 Å². The Kier molecular flexibility index (Phi) is 11.2. The van der Waals surface area contributed by atoms with E-state index < -0.39 is 0 Å². The number of aryl methyl sites for hydroxylation is 1. The minimum atomic E-state index is 0. The second-order valence-electron chi connectivity index (χ2n) is 6.92. The third kappa shape index (κ3) is 9.30. The van der Waals surface area contributed by atoms with Crippen molar-refractivity contribution < 1.29 is 4.79 Å². The van der Waals surface area contributed by atoms with Gasteiger partial charge in [-0.2, -0.15) is 0 Å². The average Bonchev–Trinajstić information content (AvgIpc) is 3.47. The van der Waals surface area contributed by atoms with Crippen molar-refractivity contribution >= 4 is 41.5 Å². The summed E-state index contributed by atoms with van der Waals surface area (Å²) in [5.41, 5.74) is 2.56. The van der Waals surface area contributed by atoms with E-state index in [0.717, 1.165) is 44.7 Å². The van der Waals surface area contributed by atoms with Gasteiger partial charge < -0.3 is 20.9 Å². The monoisotopic (exact) mass is 487 g/mol. The second-order valence-corrected chi connectivity index (χ2v) is 6.92. The summed E-state index contributed by atoms with van der Waals surface area (Å²) in [4.78, 5) is 18.3. The number of hydrogen-bond acceptors (Lipinski definition) is 3. The highest BCUT2D eigenvalue weighted by Gasteiger charge is 2.28. The van der Waals surface area contributed by atoms with Gasteiger partial charge in [-0.25, -0.2) is 0 Å². The van der Waals surface area contributed by atoms with E-state index in [0.29, 0.717) is 13.1 Å². The largest absolute Gasteiger partial charge is 0.378 e. The zero-order chi connectivity index (χ0) is 18.8. The first kappa shape index (κ1) is 23.5. The number of nitrogens with zero attached hydrogens (tertiary/aromatic N) is 2. The molecule has 27 heavy (non-hydrogen) atoms. The van der Waals surface area contributed by atoms with Gasteiger partial charge in [0, 0.05) is 51.9 Å². The smallest absolute Gasteiger partial charge is 0.223 e. The molecule has 1 aliphatic rings. The molecule has 0 atom stereocenters. The summed E-state index contributed by atoms with van der Waals surface area (Å²) >= 11 is 0. The van der Waals surface area contributed by atoms with E-state index in [-0.39, 0.29) is 35.8 Å². The SMILES string of the molecule is CCNC(=NCCCc1ccc(N(C)C)cc1)NCCNC(=O)C1CC1.I. The van der Waals surface area contributed by atoms with E-state index in [2.05, 4.69) is 71.1 Å². The summed E-state index contributed by atoms with van der Waals surface area (Å²) in [6.45, 7) is 4.98. The normalized spacial score (nSPS) is 13.5. The minimum Gasteiger partial charge on any atom is -0.378 e. The molecule has 1 amide bonds. The lowest BCUT2D eigenvalue weighted by Gasteiger charge is -2.13. The van der Waals surface area contributed by atoms with Gasteiger partial charge in [-0.3, -0.25) is 9.79 Å². The Morgan fingerprint density at radius 1 is 1.11 bits per heavy atom. The molecule has 0 heterocycles. The highest BCUT2D eigenvalue weighted by atomic mass is 127. The number of guanidine groups is 1. The third-order valence-corrected chi connectivity index (χ3v) is 4.36. The summed E-state index contributed by atoms with van der Waals surface area (Å²) in [5.74, 6) is 1.27. The topological polar surface area (TPSA) is 68.8 Å². The number of amides is 1. The molecule has 152 valence electrons. The molecule has 6 nitrogen and oxygen atoms in total. The molecular weight excluding hydrogens is 453 g/mol. The maximum Gasteiger partial charge on any atom is 0.223 e. The van der Waals surface area contributed by atoms with Gasteiger partial charge in [-0.1, -0.05) is 12.1 Å². The first-order valence-electron chi connectivity index (χ1n) is 9.66. The van der Waals surface area contributed by atoms with Crippen molar-refractivity contribution in [2.24, 2.45) is 10.9 Å². The van der Waals surface area contributed by atoms with Crippen LogP contribution in [0.4, 0.5) is 5.69 Å². The molecule has 0 spiro atoms. The Hall–Kier alpha value is -1.51. The van der Waals surface area contributed by atoms with Crippen LogP contribution in [0.15, 0.2) is 29.3 Å². The molecule has 1 aromatic rings. The van der Waals surface area contributed by atoms with Crippen molar-refractivity contribution in [1.29, 1.82) is 0 Å². The van der Waals surface area contributed by atoms with E-state index >= 15 is 0 Å². The maximum atomic E-state index is 11.6. The van der Waals surface area contributed by atoms with Gasteiger partial charge in [0.05, 0.1) is 0 Å². The van der Waals surface area contributed by atoms with Crippen LogP contribution < -0.4 is 20.9 Å². The van der Waals surface area contributed by atoms with Crippen LogP contribution in [0, 0.1) is 5.92 Å². The molecule has 1 fully saturated rings. The standard InChI is InChI=1S/C20H33N5O.HI/c1-4-21-20(24-15-14-22-19(26)17-9-10-17)23-13-5-6-16-7-11-18(12-8-16)25(2)3;/h7-8,11-12,17H,4-6,9-10,13-15H2,1-3H3,(H,22,26)(H2,21,23,24);1H. The Morgan fingerprint density at radius 3 is 2.37 bits per heavy atom. The van der Waals surface area contributed by atoms with Crippen LogP contribution in [0.25, 0.3) is 0 Å². The van der Waals surface area contributed by atoms with Crippen molar-refractivity contribution in [2.45, 2.75) is 32.6 Å². The van der Waals surface area contributed by atoms with E-state index in [1.165, 1.54) is 11.3 Å². The molecule has 1 aliphatic carbocycles. The highest BCUT2D eigenvalue weighted by molar-refractivity contribution is 14.0. The lowest BCUT2D eigenvalue weighted by molar-refractivity contribution is -0.122. The van der Waals surface area contributed by atoms with Gasteiger partial charge in [-0.05, 0) is 50.3 Å². The first-order chi connectivity index (χ1) is 12.6. The Balaban J connectivity index is 0.00000364. The molecule has 1 aromatic carbocycles. The average molecular weight is 487 g/mol. The van der Waals surface area contributed by atoms with Crippen LogP contribution in [0.3, 0.4) is 0 Å². The number of benzene rings is 1. The van der Waals surface area contributed by atoms with Crippen LogP contribution in [0.1, 0.15) is 31.7 Å². The number of carbonyl (C=O) groups excluding carboxylic acids is 1. The van der Waals surface area contributed by atoms with E-state index in [1.54, 1.807) is 0 Å². The van der Waals surface area contributed by atoms with E-state index in [4.69, 9.17) is 0 Å².